The average Bonchev–Trinajstić information content (AvgIpc) is 2.17. The Labute approximate surface area is 86.1 Å². The van der Waals surface area contributed by atoms with E-state index >= 15 is 0 Å². The van der Waals surface area contributed by atoms with Gasteiger partial charge in [-0.05, 0) is 5.75 Å². The van der Waals surface area contributed by atoms with E-state index in [1.807, 2.05) is 6.92 Å². The molecule has 1 aromatic heterocycles. The number of hydrogen-bond donors (Lipinski definition) is 1. The van der Waals surface area contributed by atoms with Crippen molar-refractivity contribution in [3.8, 4) is 0 Å². The second kappa shape index (κ2) is 4.80. The fraction of sp³-hybridized carbons (Fsp3) is 0.375. The average molecular weight is 213 g/mol. The van der Waals surface area contributed by atoms with Crippen LogP contribution in [0.4, 0.5) is 11.5 Å². The fourth-order valence-corrected chi connectivity index (χ4v) is 1.61. The third-order valence-corrected chi connectivity index (χ3v) is 2.34. The van der Waals surface area contributed by atoms with Crippen molar-refractivity contribution in [2.75, 3.05) is 18.1 Å². The van der Waals surface area contributed by atoms with E-state index in [4.69, 9.17) is 0 Å². The van der Waals surface area contributed by atoms with E-state index in [9.17, 15) is 10.1 Å². The first-order valence-corrected chi connectivity index (χ1v) is 5.13. The molecule has 0 spiro atoms. The van der Waals surface area contributed by atoms with Gasteiger partial charge in [0, 0.05) is 13.1 Å². The van der Waals surface area contributed by atoms with Crippen LogP contribution in [0.1, 0.15) is 6.92 Å². The molecule has 0 bridgehead atoms. The Morgan fingerprint density at radius 1 is 1.64 bits per heavy atom. The lowest BCUT2D eigenvalue weighted by atomic mass is 10.4. The number of nitrogens with zero attached hydrogens (tertiary/aromatic N) is 2. The quantitative estimate of drug-likeness (QED) is 0.471. The summed E-state index contributed by atoms with van der Waals surface area (Å²) in [6.45, 7) is 1.98. The summed E-state index contributed by atoms with van der Waals surface area (Å²) in [4.78, 5) is 14.3. The zero-order valence-corrected chi connectivity index (χ0v) is 8.80. The Balaban J connectivity index is 3.06. The van der Waals surface area contributed by atoms with Crippen LogP contribution in [0.2, 0.25) is 0 Å². The van der Waals surface area contributed by atoms with Gasteiger partial charge >= 0.3 is 0 Å². The molecule has 0 unspecified atom stereocenters. The molecule has 14 heavy (non-hydrogen) atoms. The highest BCUT2D eigenvalue weighted by Crippen LogP contribution is 2.23. The van der Waals surface area contributed by atoms with Crippen molar-refractivity contribution in [1.82, 2.24) is 4.98 Å². The second-order valence-electron chi connectivity index (χ2n) is 2.49. The van der Waals surface area contributed by atoms with E-state index < -0.39 is 4.92 Å². The first kappa shape index (κ1) is 10.8. The summed E-state index contributed by atoms with van der Waals surface area (Å²) in [7, 11) is 1.69. The van der Waals surface area contributed by atoms with Gasteiger partial charge in [-0.1, -0.05) is 6.92 Å². The summed E-state index contributed by atoms with van der Waals surface area (Å²) in [6.07, 6.45) is 0. The van der Waals surface area contributed by atoms with Crippen molar-refractivity contribution in [2.24, 2.45) is 0 Å². The standard InChI is InChI=1S/C8H11N3O2S/c1-3-14-8-5-6(11(12)13)4-7(9-2)10-8/h4-5H,3H2,1-2H3,(H,9,10). The normalized spacial score (nSPS) is 9.86. The van der Waals surface area contributed by atoms with Gasteiger partial charge in [-0.3, -0.25) is 10.1 Å². The SMILES string of the molecule is CCSc1cc([N+](=O)[O-])cc(NC)n1. The van der Waals surface area contributed by atoms with Crippen molar-refractivity contribution in [2.45, 2.75) is 11.9 Å². The molecule has 0 atom stereocenters. The minimum Gasteiger partial charge on any atom is -0.373 e. The van der Waals surface area contributed by atoms with Crippen molar-refractivity contribution in [1.29, 1.82) is 0 Å². The zero-order valence-electron chi connectivity index (χ0n) is 7.98. The summed E-state index contributed by atoms with van der Waals surface area (Å²) in [5.41, 5.74) is 0.0697. The molecule has 76 valence electrons. The monoisotopic (exact) mass is 213 g/mol. The van der Waals surface area contributed by atoms with Gasteiger partial charge in [0.25, 0.3) is 5.69 Å². The minimum atomic E-state index is -0.414. The third-order valence-electron chi connectivity index (χ3n) is 1.55. The summed E-state index contributed by atoms with van der Waals surface area (Å²) in [6, 6.07) is 2.90. The van der Waals surface area contributed by atoms with E-state index in [2.05, 4.69) is 10.3 Å². The highest BCUT2D eigenvalue weighted by molar-refractivity contribution is 7.99. The first-order chi connectivity index (χ1) is 6.67. The highest BCUT2D eigenvalue weighted by atomic mass is 32.2. The van der Waals surface area contributed by atoms with Gasteiger partial charge in [0.1, 0.15) is 10.8 Å². The first-order valence-electron chi connectivity index (χ1n) is 4.14. The summed E-state index contributed by atoms with van der Waals surface area (Å²) < 4.78 is 0. The van der Waals surface area contributed by atoms with Crippen LogP contribution in [-0.4, -0.2) is 22.7 Å². The molecule has 1 N–H and O–H groups in total. The molecule has 0 amide bonds. The zero-order chi connectivity index (χ0) is 10.6. The van der Waals surface area contributed by atoms with Crippen LogP contribution < -0.4 is 5.32 Å². The molecule has 1 aromatic rings. The van der Waals surface area contributed by atoms with Crippen molar-refractivity contribution < 1.29 is 4.92 Å². The molecular formula is C8H11N3O2S. The molecule has 0 radical (unpaired) electrons. The van der Waals surface area contributed by atoms with Gasteiger partial charge in [-0.25, -0.2) is 4.98 Å². The number of aromatic nitrogens is 1. The molecule has 1 rings (SSSR count). The number of pyridine rings is 1. The Morgan fingerprint density at radius 2 is 2.36 bits per heavy atom. The van der Waals surface area contributed by atoms with Crippen molar-refractivity contribution in [3.05, 3.63) is 22.2 Å². The Hall–Kier alpha value is -1.30. The maximum absolute atomic E-state index is 10.6. The van der Waals surface area contributed by atoms with Gasteiger partial charge in [-0.2, -0.15) is 0 Å². The topological polar surface area (TPSA) is 68.1 Å². The predicted octanol–water partition coefficient (Wildman–Crippen LogP) is 2.14. The second-order valence-corrected chi connectivity index (χ2v) is 3.77. The summed E-state index contributed by atoms with van der Waals surface area (Å²) in [5.74, 6) is 1.37. The molecular weight excluding hydrogens is 202 g/mol. The van der Waals surface area contributed by atoms with Gasteiger partial charge in [-0.15, -0.1) is 11.8 Å². The van der Waals surface area contributed by atoms with Crippen LogP contribution in [0.15, 0.2) is 17.2 Å². The number of rotatable bonds is 4. The molecule has 0 aliphatic rings. The third kappa shape index (κ3) is 2.59. The smallest absolute Gasteiger partial charge is 0.275 e. The van der Waals surface area contributed by atoms with E-state index in [0.29, 0.717) is 10.8 Å². The molecule has 1 heterocycles. The Kier molecular flexibility index (Phi) is 3.70. The largest absolute Gasteiger partial charge is 0.373 e. The van der Waals surface area contributed by atoms with Crippen LogP contribution in [-0.2, 0) is 0 Å². The molecule has 0 saturated carbocycles. The highest BCUT2D eigenvalue weighted by Gasteiger charge is 2.10. The molecule has 0 saturated heterocycles. The van der Waals surface area contributed by atoms with Crippen LogP contribution in [0.5, 0.6) is 0 Å². The lowest BCUT2D eigenvalue weighted by molar-refractivity contribution is -0.385. The van der Waals surface area contributed by atoms with Gasteiger partial charge < -0.3 is 5.32 Å². The predicted molar refractivity (Wildman–Crippen MR) is 56.8 cm³/mol. The Morgan fingerprint density at radius 3 is 2.86 bits per heavy atom. The van der Waals surface area contributed by atoms with Gasteiger partial charge in [0.2, 0.25) is 0 Å². The number of nitro groups is 1. The molecule has 5 nitrogen and oxygen atoms in total. The van der Waals surface area contributed by atoms with E-state index in [1.54, 1.807) is 7.05 Å². The van der Waals surface area contributed by atoms with Crippen LogP contribution in [0.25, 0.3) is 0 Å². The maximum atomic E-state index is 10.6. The summed E-state index contributed by atoms with van der Waals surface area (Å²) in [5, 5.41) is 14.0. The lowest BCUT2D eigenvalue weighted by Crippen LogP contribution is -1.96. The Bertz CT molecular complexity index is 343. The van der Waals surface area contributed by atoms with Crippen molar-refractivity contribution >= 4 is 23.3 Å². The molecule has 0 aliphatic heterocycles. The van der Waals surface area contributed by atoms with E-state index in [0.717, 1.165) is 5.75 Å². The number of thioether (sulfide) groups is 1. The molecule has 0 aromatic carbocycles. The molecule has 6 heteroatoms. The minimum absolute atomic E-state index is 0.0697. The number of hydrogen-bond acceptors (Lipinski definition) is 5. The van der Waals surface area contributed by atoms with Crippen LogP contribution in [0, 0.1) is 10.1 Å². The van der Waals surface area contributed by atoms with Gasteiger partial charge in [0.05, 0.1) is 11.0 Å². The van der Waals surface area contributed by atoms with Crippen LogP contribution in [0.3, 0.4) is 0 Å². The van der Waals surface area contributed by atoms with E-state index in [-0.39, 0.29) is 5.69 Å². The molecule has 0 aliphatic carbocycles. The van der Waals surface area contributed by atoms with E-state index in [1.165, 1.54) is 23.9 Å². The number of nitrogens with one attached hydrogen (secondary N) is 1. The number of anilines is 1. The maximum Gasteiger partial charge on any atom is 0.275 e. The summed E-state index contributed by atoms with van der Waals surface area (Å²) >= 11 is 1.48. The fourth-order valence-electron chi connectivity index (χ4n) is 0.947. The van der Waals surface area contributed by atoms with Crippen LogP contribution >= 0.6 is 11.8 Å². The molecule has 0 fully saturated rings. The lowest BCUT2D eigenvalue weighted by Gasteiger charge is -2.02. The van der Waals surface area contributed by atoms with Crippen molar-refractivity contribution in [3.63, 3.8) is 0 Å². The van der Waals surface area contributed by atoms with Gasteiger partial charge in [0.15, 0.2) is 0 Å².